The van der Waals surface area contributed by atoms with Crippen molar-refractivity contribution in [2.75, 3.05) is 5.32 Å². The quantitative estimate of drug-likeness (QED) is 0.419. The SMILES string of the molecule is O=C(Nc1sccc1-c1nc2ccccc2s1)c1cc2ccccc2o1. The Kier molecular flexibility index (Phi) is 3.58. The van der Waals surface area contributed by atoms with Crippen LogP contribution in [0.15, 0.2) is 70.5 Å². The summed E-state index contributed by atoms with van der Waals surface area (Å²) in [5, 5.41) is 7.50. The number of hydrogen-bond donors (Lipinski definition) is 1. The molecule has 0 aliphatic heterocycles. The number of benzene rings is 2. The van der Waals surface area contributed by atoms with Crippen LogP contribution >= 0.6 is 22.7 Å². The van der Waals surface area contributed by atoms with Gasteiger partial charge in [0.05, 0.1) is 10.2 Å². The van der Waals surface area contributed by atoms with Crippen molar-refractivity contribution >= 4 is 54.8 Å². The first-order valence-corrected chi connectivity index (χ1v) is 9.71. The van der Waals surface area contributed by atoms with Crippen molar-refractivity contribution in [1.82, 2.24) is 4.98 Å². The number of carbonyl (C=O) groups excluding carboxylic acids is 1. The summed E-state index contributed by atoms with van der Waals surface area (Å²) in [6, 6.07) is 19.3. The highest BCUT2D eigenvalue weighted by Gasteiger charge is 2.17. The van der Waals surface area contributed by atoms with Crippen molar-refractivity contribution in [3.05, 3.63) is 71.8 Å². The van der Waals surface area contributed by atoms with E-state index in [0.717, 1.165) is 31.2 Å². The lowest BCUT2D eigenvalue weighted by atomic mass is 10.2. The number of amides is 1. The van der Waals surface area contributed by atoms with Gasteiger partial charge in [0.2, 0.25) is 0 Å². The largest absolute Gasteiger partial charge is 0.451 e. The number of thiophene rings is 1. The number of hydrogen-bond acceptors (Lipinski definition) is 5. The third-order valence-corrected chi connectivity index (χ3v) is 5.97. The summed E-state index contributed by atoms with van der Waals surface area (Å²) in [6.45, 7) is 0. The molecular formula is C20H12N2O2S2. The smallest absolute Gasteiger partial charge is 0.292 e. The molecule has 0 saturated heterocycles. The van der Waals surface area contributed by atoms with Gasteiger partial charge in [0.15, 0.2) is 5.76 Å². The zero-order valence-corrected chi connectivity index (χ0v) is 15.1. The Labute approximate surface area is 156 Å². The van der Waals surface area contributed by atoms with Gasteiger partial charge in [-0.2, -0.15) is 0 Å². The molecule has 0 unspecified atom stereocenters. The molecule has 0 atom stereocenters. The first-order valence-electron chi connectivity index (χ1n) is 8.01. The highest BCUT2D eigenvalue weighted by Crippen LogP contribution is 2.38. The van der Waals surface area contributed by atoms with Crippen LogP contribution in [0, 0.1) is 0 Å². The van der Waals surface area contributed by atoms with Gasteiger partial charge in [-0.3, -0.25) is 4.79 Å². The van der Waals surface area contributed by atoms with Gasteiger partial charge in [-0.25, -0.2) is 4.98 Å². The fourth-order valence-corrected chi connectivity index (χ4v) is 4.67. The molecule has 0 spiro atoms. The Hall–Kier alpha value is -2.96. The number of carbonyl (C=O) groups is 1. The molecular weight excluding hydrogens is 364 g/mol. The van der Waals surface area contributed by atoms with E-state index >= 15 is 0 Å². The summed E-state index contributed by atoms with van der Waals surface area (Å²) in [5.74, 6) is 0.0425. The van der Waals surface area contributed by atoms with Crippen LogP contribution in [0.5, 0.6) is 0 Å². The van der Waals surface area contributed by atoms with E-state index in [2.05, 4.69) is 16.4 Å². The van der Waals surface area contributed by atoms with Crippen LogP contribution in [0.1, 0.15) is 10.6 Å². The summed E-state index contributed by atoms with van der Waals surface area (Å²) in [4.78, 5) is 17.3. The van der Waals surface area contributed by atoms with Crippen LogP contribution in [-0.4, -0.2) is 10.9 Å². The normalized spacial score (nSPS) is 11.2. The maximum absolute atomic E-state index is 12.6. The molecule has 2 aromatic carbocycles. The minimum Gasteiger partial charge on any atom is -0.451 e. The van der Waals surface area contributed by atoms with Crippen molar-refractivity contribution in [2.24, 2.45) is 0 Å². The molecule has 0 bridgehead atoms. The zero-order chi connectivity index (χ0) is 17.5. The zero-order valence-electron chi connectivity index (χ0n) is 13.4. The summed E-state index contributed by atoms with van der Waals surface area (Å²) in [6.07, 6.45) is 0. The van der Waals surface area contributed by atoms with E-state index in [1.807, 2.05) is 53.9 Å². The van der Waals surface area contributed by atoms with Crippen LogP contribution in [0.3, 0.4) is 0 Å². The van der Waals surface area contributed by atoms with Crippen LogP contribution in [0.25, 0.3) is 31.8 Å². The minimum absolute atomic E-state index is 0.258. The molecule has 1 amide bonds. The van der Waals surface area contributed by atoms with E-state index < -0.39 is 0 Å². The van der Waals surface area contributed by atoms with Crippen LogP contribution in [0.4, 0.5) is 5.00 Å². The monoisotopic (exact) mass is 376 g/mol. The number of para-hydroxylation sites is 2. The van der Waals surface area contributed by atoms with E-state index in [-0.39, 0.29) is 5.91 Å². The van der Waals surface area contributed by atoms with Gasteiger partial charge in [0.1, 0.15) is 15.6 Å². The molecule has 3 heterocycles. The Morgan fingerprint density at radius 3 is 2.77 bits per heavy atom. The number of nitrogens with zero attached hydrogens (tertiary/aromatic N) is 1. The molecule has 0 aliphatic carbocycles. The molecule has 6 heteroatoms. The Balaban J connectivity index is 1.48. The first-order chi connectivity index (χ1) is 12.8. The van der Waals surface area contributed by atoms with Crippen molar-refractivity contribution in [3.63, 3.8) is 0 Å². The van der Waals surface area contributed by atoms with Gasteiger partial charge in [-0.1, -0.05) is 30.3 Å². The van der Waals surface area contributed by atoms with Crippen molar-refractivity contribution in [1.29, 1.82) is 0 Å². The van der Waals surface area contributed by atoms with Gasteiger partial charge in [0.25, 0.3) is 5.91 Å². The number of fused-ring (bicyclic) bond motifs is 2. The van der Waals surface area contributed by atoms with Gasteiger partial charge >= 0.3 is 0 Å². The third-order valence-electron chi connectivity index (χ3n) is 4.07. The first kappa shape index (κ1) is 15.3. The number of furan rings is 1. The highest BCUT2D eigenvalue weighted by molar-refractivity contribution is 7.22. The molecule has 0 aliphatic rings. The second kappa shape index (κ2) is 6.09. The van der Waals surface area contributed by atoms with Gasteiger partial charge in [0, 0.05) is 10.9 Å². The number of nitrogens with one attached hydrogen (secondary N) is 1. The topological polar surface area (TPSA) is 55.1 Å². The molecule has 5 rings (SSSR count). The molecule has 26 heavy (non-hydrogen) atoms. The van der Waals surface area contributed by atoms with E-state index in [4.69, 9.17) is 4.42 Å². The lowest BCUT2D eigenvalue weighted by molar-refractivity contribution is 0.0999. The van der Waals surface area contributed by atoms with Gasteiger partial charge < -0.3 is 9.73 Å². The maximum Gasteiger partial charge on any atom is 0.292 e. The Morgan fingerprint density at radius 1 is 1.04 bits per heavy atom. The Bertz CT molecular complexity index is 1180. The van der Waals surface area contributed by atoms with Crippen molar-refractivity contribution in [2.45, 2.75) is 0 Å². The molecule has 0 radical (unpaired) electrons. The second-order valence-corrected chi connectivity index (χ2v) is 7.70. The molecule has 126 valence electrons. The Morgan fingerprint density at radius 2 is 1.88 bits per heavy atom. The molecule has 3 aromatic heterocycles. The van der Waals surface area contributed by atoms with Crippen molar-refractivity contribution < 1.29 is 9.21 Å². The molecule has 0 fully saturated rings. The fraction of sp³-hybridized carbons (Fsp3) is 0. The predicted octanol–water partition coefficient (Wildman–Crippen LogP) is 6.02. The van der Waals surface area contributed by atoms with Crippen LogP contribution < -0.4 is 5.32 Å². The third kappa shape index (κ3) is 2.60. The minimum atomic E-state index is -0.258. The van der Waals surface area contributed by atoms with Gasteiger partial charge in [-0.15, -0.1) is 22.7 Å². The number of thiazole rings is 1. The number of aromatic nitrogens is 1. The van der Waals surface area contributed by atoms with Crippen molar-refractivity contribution in [3.8, 4) is 10.6 Å². The molecule has 4 nitrogen and oxygen atoms in total. The van der Waals surface area contributed by atoms with Crippen LogP contribution in [0.2, 0.25) is 0 Å². The fourth-order valence-electron chi connectivity index (χ4n) is 2.82. The maximum atomic E-state index is 12.6. The molecule has 0 saturated carbocycles. The van der Waals surface area contributed by atoms with Crippen LogP contribution in [-0.2, 0) is 0 Å². The van der Waals surface area contributed by atoms with E-state index in [0.29, 0.717) is 11.3 Å². The van der Waals surface area contributed by atoms with E-state index in [1.165, 1.54) is 11.3 Å². The van der Waals surface area contributed by atoms with Gasteiger partial charge in [-0.05, 0) is 35.7 Å². The average molecular weight is 376 g/mol. The summed E-state index contributed by atoms with van der Waals surface area (Å²) < 4.78 is 6.78. The second-order valence-electron chi connectivity index (χ2n) is 5.75. The molecule has 1 N–H and O–H groups in total. The summed E-state index contributed by atoms with van der Waals surface area (Å²) >= 11 is 3.09. The standard InChI is InChI=1S/C20H12N2O2S2/c23-18(16-11-12-5-1-3-7-15(12)24-16)22-19-13(9-10-25-19)20-21-14-6-2-4-8-17(14)26-20/h1-11H,(H,22,23). The molecule has 5 aromatic rings. The number of anilines is 1. The summed E-state index contributed by atoms with van der Waals surface area (Å²) in [7, 11) is 0. The average Bonchev–Trinajstić information content (AvgIpc) is 3.38. The lowest BCUT2D eigenvalue weighted by Crippen LogP contribution is -2.10. The lowest BCUT2D eigenvalue weighted by Gasteiger charge is -2.02. The predicted molar refractivity (Wildman–Crippen MR) is 107 cm³/mol. The van der Waals surface area contributed by atoms with E-state index in [1.54, 1.807) is 17.4 Å². The number of rotatable bonds is 3. The summed E-state index contributed by atoms with van der Waals surface area (Å²) in [5.41, 5.74) is 2.60. The highest BCUT2D eigenvalue weighted by atomic mass is 32.1. The van der Waals surface area contributed by atoms with E-state index in [9.17, 15) is 4.79 Å².